The lowest BCUT2D eigenvalue weighted by Gasteiger charge is -2.21. The fourth-order valence-corrected chi connectivity index (χ4v) is 2.76. The van der Waals surface area contributed by atoms with E-state index in [1.165, 1.54) is 6.07 Å². The van der Waals surface area contributed by atoms with Gasteiger partial charge < -0.3 is 0 Å². The van der Waals surface area contributed by atoms with Crippen LogP contribution in [0.3, 0.4) is 0 Å². The molecular weight excluding hydrogens is 314 g/mol. The SMILES string of the molecule is CC(C)n1ncc(Cl)c1C(Cc1c(F)cccc1Cl)NN. The van der Waals surface area contributed by atoms with Crippen molar-refractivity contribution >= 4 is 23.2 Å². The molecule has 0 bridgehead atoms. The van der Waals surface area contributed by atoms with Gasteiger partial charge >= 0.3 is 0 Å². The predicted octanol–water partition coefficient (Wildman–Crippen LogP) is 3.66. The Morgan fingerprint density at radius 3 is 2.62 bits per heavy atom. The van der Waals surface area contributed by atoms with E-state index in [0.29, 0.717) is 21.3 Å². The monoisotopic (exact) mass is 330 g/mol. The fraction of sp³-hybridized carbons (Fsp3) is 0.357. The van der Waals surface area contributed by atoms with E-state index in [2.05, 4.69) is 10.5 Å². The molecule has 1 heterocycles. The number of hydrazine groups is 1. The third kappa shape index (κ3) is 3.37. The molecule has 2 rings (SSSR count). The highest BCUT2D eigenvalue weighted by atomic mass is 35.5. The van der Waals surface area contributed by atoms with E-state index >= 15 is 0 Å². The number of nitrogens with two attached hydrogens (primary N) is 1. The molecule has 0 radical (unpaired) electrons. The summed E-state index contributed by atoms with van der Waals surface area (Å²) < 4.78 is 15.7. The first-order valence-corrected chi connectivity index (χ1v) is 7.33. The lowest BCUT2D eigenvalue weighted by Crippen LogP contribution is -2.32. The molecule has 0 saturated heterocycles. The van der Waals surface area contributed by atoms with Crippen LogP contribution in [0.15, 0.2) is 24.4 Å². The van der Waals surface area contributed by atoms with E-state index < -0.39 is 6.04 Å². The summed E-state index contributed by atoms with van der Waals surface area (Å²) in [6.07, 6.45) is 1.84. The van der Waals surface area contributed by atoms with Crippen LogP contribution in [0.1, 0.15) is 37.2 Å². The zero-order chi connectivity index (χ0) is 15.6. The minimum Gasteiger partial charge on any atom is -0.271 e. The number of aromatic nitrogens is 2. The Bertz CT molecular complexity index is 607. The summed E-state index contributed by atoms with van der Waals surface area (Å²) in [5, 5.41) is 5.08. The molecule has 0 amide bonds. The van der Waals surface area contributed by atoms with Crippen LogP contribution in [0, 0.1) is 5.82 Å². The van der Waals surface area contributed by atoms with Gasteiger partial charge in [0.2, 0.25) is 0 Å². The highest BCUT2D eigenvalue weighted by molar-refractivity contribution is 6.31. The molecule has 1 aromatic heterocycles. The Morgan fingerprint density at radius 1 is 1.33 bits per heavy atom. The topological polar surface area (TPSA) is 55.9 Å². The molecular formula is C14H17Cl2FN4. The molecule has 0 aliphatic heterocycles. The minimum absolute atomic E-state index is 0.111. The first-order chi connectivity index (χ1) is 9.95. The summed E-state index contributed by atoms with van der Waals surface area (Å²) in [7, 11) is 0. The van der Waals surface area contributed by atoms with Crippen LogP contribution in [0.4, 0.5) is 4.39 Å². The smallest absolute Gasteiger partial charge is 0.127 e. The van der Waals surface area contributed by atoms with E-state index in [4.69, 9.17) is 29.0 Å². The molecule has 0 saturated carbocycles. The zero-order valence-corrected chi connectivity index (χ0v) is 13.3. The number of nitrogens with one attached hydrogen (secondary N) is 1. The molecule has 0 aliphatic rings. The van der Waals surface area contributed by atoms with Gasteiger partial charge in [0.15, 0.2) is 0 Å². The molecule has 2 aromatic rings. The van der Waals surface area contributed by atoms with Crippen molar-refractivity contribution in [3.8, 4) is 0 Å². The molecule has 1 unspecified atom stereocenters. The largest absolute Gasteiger partial charge is 0.271 e. The van der Waals surface area contributed by atoms with Crippen LogP contribution in [-0.4, -0.2) is 9.78 Å². The summed E-state index contributed by atoms with van der Waals surface area (Å²) in [6.45, 7) is 3.97. The second kappa shape index (κ2) is 6.75. The van der Waals surface area contributed by atoms with Crippen LogP contribution in [0.5, 0.6) is 0 Å². The average molecular weight is 331 g/mol. The third-order valence-electron chi connectivity index (χ3n) is 3.28. The van der Waals surface area contributed by atoms with Gasteiger partial charge in [0.05, 0.1) is 23.0 Å². The van der Waals surface area contributed by atoms with Crippen molar-refractivity contribution in [3.63, 3.8) is 0 Å². The van der Waals surface area contributed by atoms with Crippen molar-refractivity contribution < 1.29 is 4.39 Å². The fourth-order valence-electron chi connectivity index (χ4n) is 2.25. The number of hydrogen-bond donors (Lipinski definition) is 2. The van der Waals surface area contributed by atoms with Gasteiger partial charge in [0, 0.05) is 16.6 Å². The van der Waals surface area contributed by atoms with Crippen LogP contribution < -0.4 is 11.3 Å². The van der Waals surface area contributed by atoms with E-state index in [-0.39, 0.29) is 18.3 Å². The standard InChI is InChI=1S/C14H17Cl2FN4/c1-8(2)21-14(11(16)7-19-21)13(20-18)6-9-10(15)4-3-5-12(9)17/h3-5,7-8,13,20H,6,18H2,1-2H3. The van der Waals surface area contributed by atoms with Crippen LogP contribution in [-0.2, 0) is 6.42 Å². The van der Waals surface area contributed by atoms with Crippen molar-refractivity contribution in [1.29, 1.82) is 0 Å². The Balaban J connectivity index is 2.39. The Kier molecular flexibility index (Phi) is 5.22. The summed E-state index contributed by atoms with van der Waals surface area (Å²) in [4.78, 5) is 0. The van der Waals surface area contributed by atoms with Gasteiger partial charge in [-0.3, -0.25) is 16.0 Å². The number of nitrogens with zero attached hydrogens (tertiary/aromatic N) is 2. The Labute approximate surface area is 133 Å². The lowest BCUT2D eigenvalue weighted by atomic mass is 10.0. The summed E-state index contributed by atoms with van der Waals surface area (Å²) in [6, 6.07) is 4.30. The van der Waals surface area contributed by atoms with E-state index in [0.717, 1.165) is 0 Å². The van der Waals surface area contributed by atoms with Crippen molar-refractivity contribution in [2.75, 3.05) is 0 Å². The van der Waals surface area contributed by atoms with Crippen LogP contribution in [0.2, 0.25) is 10.0 Å². The van der Waals surface area contributed by atoms with Crippen molar-refractivity contribution in [2.45, 2.75) is 32.4 Å². The first-order valence-electron chi connectivity index (χ1n) is 6.57. The minimum atomic E-state index is -0.392. The molecule has 21 heavy (non-hydrogen) atoms. The maximum atomic E-state index is 13.9. The number of benzene rings is 1. The highest BCUT2D eigenvalue weighted by Crippen LogP contribution is 2.30. The second-order valence-corrected chi connectivity index (χ2v) is 5.85. The van der Waals surface area contributed by atoms with Crippen molar-refractivity contribution in [3.05, 3.63) is 51.5 Å². The van der Waals surface area contributed by atoms with E-state index in [1.54, 1.807) is 23.0 Å². The maximum absolute atomic E-state index is 13.9. The molecule has 3 N–H and O–H groups in total. The van der Waals surface area contributed by atoms with Gasteiger partial charge in [-0.2, -0.15) is 5.10 Å². The van der Waals surface area contributed by atoms with Gasteiger partial charge in [-0.25, -0.2) is 4.39 Å². The molecule has 1 atom stereocenters. The van der Waals surface area contributed by atoms with Gasteiger partial charge in [0.25, 0.3) is 0 Å². The summed E-state index contributed by atoms with van der Waals surface area (Å²) in [5.41, 5.74) is 3.79. The Hall–Kier alpha value is -1.14. The number of rotatable bonds is 5. The van der Waals surface area contributed by atoms with Gasteiger partial charge in [0.1, 0.15) is 5.82 Å². The molecule has 7 heteroatoms. The Morgan fingerprint density at radius 2 is 2.05 bits per heavy atom. The summed E-state index contributed by atoms with van der Waals surface area (Å²) >= 11 is 12.3. The first kappa shape index (κ1) is 16.2. The summed E-state index contributed by atoms with van der Waals surface area (Å²) in [5.74, 6) is 5.27. The van der Waals surface area contributed by atoms with Crippen LogP contribution in [0.25, 0.3) is 0 Å². The number of hydrogen-bond acceptors (Lipinski definition) is 3. The van der Waals surface area contributed by atoms with Crippen LogP contribution >= 0.6 is 23.2 Å². The van der Waals surface area contributed by atoms with Gasteiger partial charge in [-0.15, -0.1) is 0 Å². The average Bonchev–Trinajstić information content (AvgIpc) is 2.81. The molecule has 114 valence electrons. The van der Waals surface area contributed by atoms with E-state index in [9.17, 15) is 4.39 Å². The number of halogens is 3. The van der Waals surface area contributed by atoms with E-state index in [1.807, 2.05) is 13.8 Å². The third-order valence-corrected chi connectivity index (χ3v) is 3.92. The highest BCUT2D eigenvalue weighted by Gasteiger charge is 2.23. The molecule has 0 fully saturated rings. The zero-order valence-electron chi connectivity index (χ0n) is 11.8. The van der Waals surface area contributed by atoms with Crippen molar-refractivity contribution in [1.82, 2.24) is 15.2 Å². The molecule has 0 spiro atoms. The van der Waals surface area contributed by atoms with Crippen molar-refractivity contribution in [2.24, 2.45) is 5.84 Å². The lowest BCUT2D eigenvalue weighted by molar-refractivity contribution is 0.443. The molecule has 0 aliphatic carbocycles. The second-order valence-electron chi connectivity index (χ2n) is 5.04. The quantitative estimate of drug-likeness (QED) is 0.649. The normalized spacial score (nSPS) is 12.9. The van der Waals surface area contributed by atoms with Gasteiger partial charge in [-0.1, -0.05) is 29.3 Å². The molecule has 1 aromatic carbocycles. The predicted molar refractivity (Wildman–Crippen MR) is 82.8 cm³/mol. The molecule has 4 nitrogen and oxygen atoms in total. The maximum Gasteiger partial charge on any atom is 0.127 e. The van der Waals surface area contributed by atoms with Gasteiger partial charge in [-0.05, 0) is 32.4 Å².